The van der Waals surface area contributed by atoms with Crippen molar-refractivity contribution in [2.45, 2.75) is 13.8 Å². The van der Waals surface area contributed by atoms with Gasteiger partial charge in [-0.2, -0.15) is 4.98 Å². The summed E-state index contributed by atoms with van der Waals surface area (Å²) in [5, 5.41) is 12.5. The van der Waals surface area contributed by atoms with E-state index in [0.717, 1.165) is 13.1 Å². The predicted molar refractivity (Wildman–Crippen MR) is 83.2 cm³/mol. The number of nitrogens with zero attached hydrogens (tertiary/aromatic N) is 3. The molecule has 0 radical (unpaired) electrons. The molecule has 22 heavy (non-hydrogen) atoms. The number of likely N-dealkylation sites (N-methyl/N-ethyl adjacent to an activating group) is 1. The summed E-state index contributed by atoms with van der Waals surface area (Å²) in [6.07, 6.45) is 1.51. The van der Waals surface area contributed by atoms with E-state index in [9.17, 15) is 14.7 Å². The summed E-state index contributed by atoms with van der Waals surface area (Å²) in [4.78, 5) is 30.5. The molecule has 0 saturated heterocycles. The average molecular weight is 304 g/mol. The zero-order chi connectivity index (χ0) is 16.1. The van der Waals surface area contributed by atoms with Crippen LogP contribution in [0.5, 0.6) is 5.88 Å². The van der Waals surface area contributed by atoms with Crippen LogP contribution in [0.1, 0.15) is 24.2 Å². The van der Waals surface area contributed by atoms with Crippen molar-refractivity contribution in [1.82, 2.24) is 19.6 Å². The Hall–Kier alpha value is -2.41. The number of hydrogen-bond acceptors (Lipinski definition) is 5. The van der Waals surface area contributed by atoms with Gasteiger partial charge in [0.1, 0.15) is 5.65 Å². The number of aromatic hydroxyl groups is 1. The van der Waals surface area contributed by atoms with Crippen LogP contribution < -0.4 is 10.9 Å². The molecule has 0 saturated carbocycles. The first-order chi connectivity index (χ1) is 10.6. The molecule has 0 aliphatic heterocycles. The zero-order valence-corrected chi connectivity index (χ0v) is 12.7. The highest BCUT2D eigenvalue weighted by Crippen LogP contribution is 2.10. The van der Waals surface area contributed by atoms with Gasteiger partial charge in [-0.25, -0.2) is 0 Å². The van der Waals surface area contributed by atoms with Gasteiger partial charge in [0.05, 0.1) is 0 Å². The third kappa shape index (κ3) is 3.25. The summed E-state index contributed by atoms with van der Waals surface area (Å²) in [5.74, 6) is -1.16. The van der Waals surface area contributed by atoms with Crippen LogP contribution in [0.4, 0.5) is 0 Å². The summed E-state index contributed by atoms with van der Waals surface area (Å²) in [6, 6.07) is 4.95. The molecule has 118 valence electrons. The Balaban J connectivity index is 2.20. The molecule has 2 aromatic rings. The van der Waals surface area contributed by atoms with Crippen LogP contribution in [0.15, 0.2) is 29.2 Å². The first-order valence-corrected chi connectivity index (χ1v) is 7.29. The van der Waals surface area contributed by atoms with E-state index in [2.05, 4.69) is 15.2 Å². The molecule has 7 nitrogen and oxygen atoms in total. The Bertz CT molecular complexity index is 722. The molecule has 2 rings (SSSR count). The highest BCUT2D eigenvalue weighted by molar-refractivity contribution is 5.96. The fraction of sp³-hybridized carbons (Fsp3) is 0.400. The van der Waals surface area contributed by atoms with Gasteiger partial charge < -0.3 is 15.3 Å². The highest BCUT2D eigenvalue weighted by Gasteiger charge is 2.19. The number of carbonyl (C=O) groups excluding carboxylic acids is 1. The van der Waals surface area contributed by atoms with Crippen LogP contribution in [0.25, 0.3) is 5.65 Å². The van der Waals surface area contributed by atoms with Crippen molar-refractivity contribution in [2.75, 3.05) is 26.2 Å². The lowest BCUT2D eigenvalue weighted by molar-refractivity contribution is 0.0943. The van der Waals surface area contributed by atoms with Gasteiger partial charge in [-0.05, 0) is 25.2 Å². The zero-order valence-electron chi connectivity index (χ0n) is 12.7. The molecule has 0 fully saturated rings. The van der Waals surface area contributed by atoms with Crippen molar-refractivity contribution in [1.29, 1.82) is 0 Å². The standard InChI is InChI=1S/C15H20N4O3/c1-3-18(4-2)10-8-16-13(20)12-14(21)17-11-7-5-6-9-19(11)15(12)22/h5-7,9,21H,3-4,8,10H2,1-2H3,(H,16,20). The molecule has 2 N–H and O–H groups in total. The predicted octanol–water partition coefficient (Wildman–Crippen LogP) is 0.472. The van der Waals surface area contributed by atoms with Crippen molar-refractivity contribution in [3.8, 4) is 5.88 Å². The van der Waals surface area contributed by atoms with Crippen LogP contribution in [-0.2, 0) is 0 Å². The molecular weight excluding hydrogens is 284 g/mol. The van der Waals surface area contributed by atoms with E-state index in [1.54, 1.807) is 18.2 Å². The summed E-state index contributed by atoms with van der Waals surface area (Å²) in [6.45, 7) is 6.93. The van der Waals surface area contributed by atoms with Crippen molar-refractivity contribution < 1.29 is 9.90 Å². The highest BCUT2D eigenvalue weighted by atomic mass is 16.3. The molecule has 0 spiro atoms. The summed E-state index contributed by atoms with van der Waals surface area (Å²) in [5.41, 5.74) is -0.614. The van der Waals surface area contributed by atoms with E-state index in [0.29, 0.717) is 18.7 Å². The smallest absolute Gasteiger partial charge is 0.274 e. The minimum atomic E-state index is -0.611. The summed E-state index contributed by atoms with van der Waals surface area (Å²) in [7, 11) is 0. The van der Waals surface area contributed by atoms with Gasteiger partial charge in [0.25, 0.3) is 11.5 Å². The second-order valence-electron chi connectivity index (χ2n) is 4.83. The third-order valence-corrected chi connectivity index (χ3v) is 3.55. The second kappa shape index (κ2) is 7.04. The van der Waals surface area contributed by atoms with Gasteiger partial charge in [0.2, 0.25) is 5.88 Å². The SMILES string of the molecule is CCN(CC)CCNC(=O)c1c(O)nc2ccccn2c1=O. The molecule has 0 aliphatic rings. The molecule has 7 heteroatoms. The van der Waals surface area contributed by atoms with E-state index >= 15 is 0 Å². The molecule has 0 atom stereocenters. The number of nitrogens with one attached hydrogen (secondary N) is 1. The van der Waals surface area contributed by atoms with Crippen molar-refractivity contribution in [3.05, 3.63) is 40.3 Å². The van der Waals surface area contributed by atoms with Crippen molar-refractivity contribution in [2.24, 2.45) is 0 Å². The van der Waals surface area contributed by atoms with Gasteiger partial charge >= 0.3 is 0 Å². The Labute approximate surface area is 128 Å². The lowest BCUT2D eigenvalue weighted by atomic mass is 10.2. The minimum absolute atomic E-state index is 0.296. The maximum Gasteiger partial charge on any atom is 0.274 e. The maximum absolute atomic E-state index is 12.3. The number of fused-ring (bicyclic) bond motifs is 1. The number of aromatic nitrogens is 2. The minimum Gasteiger partial charge on any atom is -0.493 e. The van der Waals surface area contributed by atoms with Gasteiger partial charge in [-0.15, -0.1) is 0 Å². The Kier molecular flexibility index (Phi) is 5.11. The largest absolute Gasteiger partial charge is 0.493 e. The van der Waals surface area contributed by atoms with Crippen molar-refractivity contribution in [3.63, 3.8) is 0 Å². The second-order valence-corrected chi connectivity index (χ2v) is 4.83. The van der Waals surface area contributed by atoms with Crippen LogP contribution in [0.2, 0.25) is 0 Å². The van der Waals surface area contributed by atoms with E-state index < -0.39 is 17.3 Å². The molecule has 2 heterocycles. The van der Waals surface area contributed by atoms with Gasteiger partial charge in [-0.1, -0.05) is 19.9 Å². The van der Waals surface area contributed by atoms with Crippen molar-refractivity contribution >= 4 is 11.6 Å². The number of amides is 1. The third-order valence-electron chi connectivity index (χ3n) is 3.55. The Morgan fingerprint density at radius 1 is 1.36 bits per heavy atom. The number of pyridine rings is 1. The Morgan fingerprint density at radius 2 is 2.09 bits per heavy atom. The van der Waals surface area contributed by atoms with Crippen LogP contribution >= 0.6 is 0 Å². The summed E-state index contributed by atoms with van der Waals surface area (Å²) >= 11 is 0. The van der Waals surface area contributed by atoms with E-state index in [1.165, 1.54) is 10.6 Å². The lowest BCUT2D eigenvalue weighted by Gasteiger charge is -2.17. The number of carbonyl (C=O) groups is 1. The average Bonchev–Trinajstić information content (AvgIpc) is 2.51. The Morgan fingerprint density at radius 3 is 2.77 bits per heavy atom. The summed E-state index contributed by atoms with van der Waals surface area (Å²) < 4.78 is 1.24. The molecular formula is C15H20N4O3. The first kappa shape index (κ1) is 16.0. The normalized spacial score (nSPS) is 11.0. The first-order valence-electron chi connectivity index (χ1n) is 7.29. The van der Waals surface area contributed by atoms with E-state index in [4.69, 9.17) is 0 Å². The lowest BCUT2D eigenvalue weighted by Crippen LogP contribution is -2.37. The maximum atomic E-state index is 12.3. The molecule has 0 bridgehead atoms. The van der Waals surface area contributed by atoms with E-state index in [1.807, 2.05) is 13.8 Å². The monoisotopic (exact) mass is 304 g/mol. The van der Waals surface area contributed by atoms with Gasteiger partial charge in [-0.3, -0.25) is 14.0 Å². The fourth-order valence-electron chi connectivity index (χ4n) is 2.23. The van der Waals surface area contributed by atoms with Gasteiger partial charge in [0, 0.05) is 19.3 Å². The number of hydrogen-bond donors (Lipinski definition) is 2. The molecule has 1 amide bonds. The number of rotatable bonds is 6. The molecule has 0 unspecified atom stereocenters. The van der Waals surface area contributed by atoms with E-state index in [-0.39, 0.29) is 5.56 Å². The van der Waals surface area contributed by atoms with Crippen LogP contribution in [-0.4, -0.2) is 51.5 Å². The molecule has 0 aromatic carbocycles. The molecule has 2 aromatic heterocycles. The van der Waals surface area contributed by atoms with Crippen LogP contribution in [0, 0.1) is 0 Å². The molecule has 0 aliphatic carbocycles. The van der Waals surface area contributed by atoms with Gasteiger partial charge in [0.15, 0.2) is 5.56 Å². The quantitative estimate of drug-likeness (QED) is 0.810. The van der Waals surface area contributed by atoms with Crippen LogP contribution in [0.3, 0.4) is 0 Å². The topological polar surface area (TPSA) is 86.9 Å². The fourth-order valence-corrected chi connectivity index (χ4v) is 2.23.